The minimum atomic E-state index is -5.06. The van der Waals surface area contributed by atoms with Crippen LogP contribution < -0.4 is 4.72 Å². The van der Waals surface area contributed by atoms with Crippen LogP contribution in [0.25, 0.3) is 0 Å². The van der Waals surface area contributed by atoms with Crippen LogP contribution in [-0.2, 0) is 35.6 Å². The Morgan fingerprint density at radius 1 is 0.897 bits per heavy atom. The largest absolute Gasteiger partial charge is 0.417 e. The van der Waals surface area contributed by atoms with Crippen LogP contribution in [0, 0.1) is 0 Å². The SMILES string of the molecule is CC(=O)N1CCC[C@@H]1C(=O)N1CCC(NS(=O)(=O)c2cc(S(=O)(=O)c3ccccc3)ccc2C(F)(F)F)CC1. The predicted molar refractivity (Wildman–Crippen MR) is 134 cm³/mol. The van der Waals surface area contributed by atoms with Gasteiger partial charge in [-0.15, -0.1) is 0 Å². The summed E-state index contributed by atoms with van der Waals surface area (Å²) in [5, 5.41) is 0. The van der Waals surface area contributed by atoms with Crippen molar-refractivity contribution in [3.8, 4) is 0 Å². The molecule has 0 bridgehead atoms. The maximum Gasteiger partial charge on any atom is 0.417 e. The number of halogens is 3. The zero-order valence-electron chi connectivity index (χ0n) is 21.0. The maximum absolute atomic E-state index is 13.8. The highest BCUT2D eigenvalue weighted by Gasteiger charge is 2.40. The number of sulfonamides is 1. The molecule has 0 aromatic heterocycles. The van der Waals surface area contributed by atoms with Crippen LogP contribution in [0.5, 0.6) is 0 Å². The van der Waals surface area contributed by atoms with Crippen LogP contribution in [0.1, 0.15) is 38.2 Å². The molecule has 2 aromatic rings. The number of alkyl halides is 3. The highest BCUT2D eigenvalue weighted by molar-refractivity contribution is 7.91. The molecule has 1 N–H and O–H groups in total. The lowest BCUT2D eigenvalue weighted by atomic mass is 10.0. The van der Waals surface area contributed by atoms with Gasteiger partial charge in [0.25, 0.3) is 0 Å². The van der Waals surface area contributed by atoms with E-state index in [1.54, 1.807) is 6.07 Å². The van der Waals surface area contributed by atoms with Gasteiger partial charge in [-0.2, -0.15) is 13.2 Å². The Morgan fingerprint density at radius 2 is 1.54 bits per heavy atom. The summed E-state index contributed by atoms with van der Waals surface area (Å²) in [7, 11) is -9.09. The van der Waals surface area contributed by atoms with Crippen LogP contribution in [0.2, 0.25) is 0 Å². The van der Waals surface area contributed by atoms with Crippen LogP contribution >= 0.6 is 0 Å². The van der Waals surface area contributed by atoms with E-state index >= 15 is 0 Å². The summed E-state index contributed by atoms with van der Waals surface area (Å²) >= 11 is 0. The highest BCUT2D eigenvalue weighted by atomic mass is 32.2. The number of carbonyl (C=O) groups excluding carboxylic acids is 2. The third-order valence-electron chi connectivity index (χ3n) is 6.98. The van der Waals surface area contributed by atoms with Gasteiger partial charge in [0.15, 0.2) is 0 Å². The lowest BCUT2D eigenvalue weighted by Crippen LogP contribution is -2.52. The summed E-state index contributed by atoms with van der Waals surface area (Å²) in [4.78, 5) is 25.8. The minimum Gasteiger partial charge on any atom is -0.341 e. The average Bonchev–Trinajstić information content (AvgIpc) is 3.39. The Balaban J connectivity index is 1.54. The number of likely N-dealkylation sites (tertiary alicyclic amines) is 2. The van der Waals surface area contributed by atoms with Gasteiger partial charge in [-0.3, -0.25) is 9.59 Å². The minimum absolute atomic E-state index is 0.140. The predicted octanol–water partition coefficient (Wildman–Crippen LogP) is 2.82. The van der Waals surface area contributed by atoms with Crippen molar-refractivity contribution in [3.05, 3.63) is 54.1 Å². The molecule has 0 aliphatic carbocycles. The molecule has 4 rings (SSSR count). The van der Waals surface area contributed by atoms with E-state index in [2.05, 4.69) is 4.72 Å². The van der Waals surface area contributed by atoms with Gasteiger partial charge in [-0.05, 0) is 56.0 Å². The molecule has 0 spiro atoms. The third kappa shape index (κ3) is 6.12. The van der Waals surface area contributed by atoms with Crippen molar-refractivity contribution in [3.63, 3.8) is 0 Å². The number of rotatable bonds is 6. The molecule has 2 fully saturated rings. The number of nitrogens with one attached hydrogen (secondary N) is 1. The van der Waals surface area contributed by atoms with E-state index in [1.807, 2.05) is 0 Å². The summed E-state index contributed by atoms with van der Waals surface area (Å²) in [6, 6.07) is 7.35. The number of carbonyl (C=O) groups is 2. The standard InChI is InChI=1S/C25H28F3N3O6S2/c1-17(32)31-13-5-8-22(31)24(33)30-14-11-18(12-15-30)29-39(36,37)23-16-20(9-10-21(23)25(26,27)28)38(34,35)19-6-3-2-4-7-19/h2-4,6-7,9-10,16,18,22,29H,5,8,11-15H2,1H3/t22-/m1/s1. The normalized spacial score (nSPS) is 19.3. The molecule has 2 aliphatic heterocycles. The Hall–Kier alpha value is -2.97. The van der Waals surface area contributed by atoms with E-state index in [-0.39, 0.29) is 42.6 Å². The summed E-state index contributed by atoms with van der Waals surface area (Å²) in [6.07, 6.45) is -3.54. The molecule has 2 saturated heterocycles. The van der Waals surface area contributed by atoms with Gasteiger partial charge in [0.05, 0.1) is 20.2 Å². The quantitative estimate of drug-likeness (QED) is 0.555. The summed E-state index contributed by atoms with van der Waals surface area (Å²) in [6.45, 7) is 2.19. The molecule has 2 amide bonds. The molecule has 9 nitrogen and oxygen atoms in total. The Kier molecular flexibility index (Phi) is 8.11. The van der Waals surface area contributed by atoms with Crippen molar-refractivity contribution in [1.82, 2.24) is 14.5 Å². The molecule has 0 radical (unpaired) electrons. The van der Waals surface area contributed by atoms with Gasteiger partial charge >= 0.3 is 6.18 Å². The van der Waals surface area contributed by atoms with E-state index in [1.165, 1.54) is 41.0 Å². The summed E-state index contributed by atoms with van der Waals surface area (Å²) < 4.78 is 95.9. The Labute approximate surface area is 224 Å². The first-order valence-corrected chi connectivity index (χ1v) is 15.3. The fraction of sp³-hybridized carbons (Fsp3) is 0.440. The number of benzene rings is 2. The Bertz CT molecular complexity index is 1460. The maximum atomic E-state index is 13.8. The van der Waals surface area contributed by atoms with Crippen LogP contribution in [0.3, 0.4) is 0 Å². The van der Waals surface area contributed by atoms with Crippen LogP contribution in [-0.4, -0.2) is 70.2 Å². The van der Waals surface area contributed by atoms with Crippen molar-refractivity contribution in [2.45, 2.75) is 65.6 Å². The first-order chi connectivity index (χ1) is 18.2. The Morgan fingerprint density at radius 3 is 2.13 bits per heavy atom. The molecule has 2 aliphatic rings. The monoisotopic (exact) mass is 587 g/mol. The number of piperidine rings is 1. The molecule has 0 saturated carbocycles. The van der Waals surface area contributed by atoms with E-state index in [0.29, 0.717) is 31.5 Å². The summed E-state index contributed by atoms with van der Waals surface area (Å²) in [5.74, 6) is -0.437. The van der Waals surface area contributed by atoms with Gasteiger partial charge in [-0.1, -0.05) is 18.2 Å². The second kappa shape index (κ2) is 10.9. The number of hydrogen-bond donors (Lipinski definition) is 1. The lowest BCUT2D eigenvalue weighted by molar-refractivity contribution is -0.143. The fourth-order valence-corrected chi connectivity index (χ4v) is 7.91. The molecule has 39 heavy (non-hydrogen) atoms. The molecule has 14 heteroatoms. The number of nitrogens with zero attached hydrogens (tertiary/aromatic N) is 2. The first kappa shape index (κ1) is 29.0. The second-order valence-electron chi connectivity index (χ2n) is 9.56. The molecule has 0 unspecified atom stereocenters. The fourth-order valence-electron chi connectivity index (χ4n) is 4.97. The molecule has 2 aromatic carbocycles. The van der Waals surface area contributed by atoms with E-state index in [4.69, 9.17) is 0 Å². The topological polar surface area (TPSA) is 121 Å². The van der Waals surface area contributed by atoms with Crippen molar-refractivity contribution in [2.75, 3.05) is 19.6 Å². The van der Waals surface area contributed by atoms with Crippen molar-refractivity contribution in [2.24, 2.45) is 0 Å². The zero-order valence-corrected chi connectivity index (χ0v) is 22.7. The number of amides is 2. The molecule has 1 atom stereocenters. The molecule has 212 valence electrons. The first-order valence-electron chi connectivity index (χ1n) is 12.3. The number of hydrogen-bond acceptors (Lipinski definition) is 6. The van der Waals surface area contributed by atoms with Crippen molar-refractivity contribution in [1.29, 1.82) is 0 Å². The van der Waals surface area contributed by atoms with Gasteiger partial charge in [0.2, 0.25) is 31.7 Å². The molecular formula is C25H28F3N3O6S2. The second-order valence-corrected chi connectivity index (χ2v) is 13.2. The van der Waals surface area contributed by atoms with E-state index < -0.39 is 53.5 Å². The smallest absolute Gasteiger partial charge is 0.341 e. The molecule has 2 heterocycles. The van der Waals surface area contributed by atoms with Gasteiger partial charge in [-0.25, -0.2) is 21.6 Å². The highest BCUT2D eigenvalue weighted by Crippen LogP contribution is 2.36. The van der Waals surface area contributed by atoms with Gasteiger partial charge in [0, 0.05) is 32.6 Å². The van der Waals surface area contributed by atoms with Crippen molar-refractivity contribution < 1.29 is 39.6 Å². The molecular weight excluding hydrogens is 559 g/mol. The van der Waals surface area contributed by atoms with Crippen LogP contribution in [0.15, 0.2) is 63.2 Å². The van der Waals surface area contributed by atoms with E-state index in [0.717, 1.165) is 6.07 Å². The average molecular weight is 588 g/mol. The van der Waals surface area contributed by atoms with E-state index in [9.17, 15) is 39.6 Å². The third-order valence-corrected chi connectivity index (χ3v) is 10.3. The van der Waals surface area contributed by atoms with Gasteiger partial charge in [0.1, 0.15) is 6.04 Å². The lowest BCUT2D eigenvalue weighted by Gasteiger charge is -2.35. The zero-order chi connectivity index (χ0) is 28.6. The van der Waals surface area contributed by atoms with Crippen molar-refractivity contribution >= 4 is 31.7 Å². The summed E-state index contributed by atoms with van der Waals surface area (Å²) in [5.41, 5.74) is -1.49. The van der Waals surface area contributed by atoms with Gasteiger partial charge < -0.3 is 9.80 Å². The number of sulfone groups is 1. The van der Waals surface area contributed by atoms with Crippen LogP contribution in [0.4, 0.5) is 13.2 Å².